The Morgan fingerprint density at radius 1 is 1.07 bits per heavy atom. The van der Waals surface area contributed by atoms with E-state index in [0.29, 0.717) is 6.54 Å². The third-order valence-corrected chi connectivity index (χ3v) is 6.45. The first kappa shape index (κ1) is 18.8. The molecular formula is C20H21FN4O2S. The van der Waals surface area contributed by atoms with Gasteiger partial charge < -0.3 is 0 Å². The number of halogens is 1. The zero-order valence-electron chi connectivity index (χ0n) is 15.3. The van der Waals surface area contributed by atoms with Gasteiger partial charge in [0.2, 0.25) is 10.0 Å². The Bertz CT molecular complexity index is 1080. The summed E-state index contributed by atoms with van der Waals surface area (Å²) in [6.07, 6.45) is 7.59. The van der Waals surface area contributed by atoms with E-state index in [1.165, 1.54) is 23.8 Å². The van der Waals surface area contributed by atoms with Gasteiger partial charge in [-0.1, -0.05) is 12.1 Å². The van der Waals surface area contributed by atoms with Crippen LogP contribution in [-0.4, -0.2) is 29.7 Å². The summed E-state index contributed by atoms with van der Waals surface area (Å²) in [6, 6.07) is 9.23. The molecule has 0 radical (unpaired) electrons. The van der Waals surface area contributed by atoms with Crippen LogP contribution in [0.3, 0.4) is 0 Å². The van der Waals surface area contributed by atoms with Crippen molar-refractivity contribution < 1.29 is 12.8 Å². The van der Waals surface area contributed by atoms with E-state index in [1.807, 2.05) is 16.8 Å². The monoisotopic (exact) mass is 400 g/mol. The highest BCUT2D eigenvalue weighted by atomic mass is 32.2. The normalized spacial score (nSPS) is 14.0. The van der Waals surface area contributed by atoms with E-state index in [9.17, 15) is 12.8 Å². The van der Waals surface area contributed by atoms with Crippen molar-refractivity contribution in [2.24, 2.45) is 0 Å². The van der Waals surface area contributed by atoms with Gasteiger partial charge in [0, 0.05) is 35.8 Å². The standard InChI is InChI=1S/C20H21FN4O2S/c21-17-6-2-4-8-19(17)28(26,27)23-13-14-25-18-7-3-1-5-16(18)20(24-25)15-9-11-22-12-10-15/h2,4,6,8-12,23H,1,3,5,7,13-14H2. The fourth-order valence-electron chi connectivity index (χ4n) is 3.62. The number of hydrogen-bond acceptors (Lipinski definition) is 4. The quantitative estimate of drug-likeness (QED) is 0.690. The van der Waals surface area contributed by atoms with Gasteiger partial charge in [0.15, 0.2) is 0 Å². The van der Waals surface area contributed by atoms with Crippen molar-refractivity contribution >= 4 is 10.0 Å². The molecule has 0 spiro atoms. The van der Waals surface area contributed by atoms with Crippen molar-refractivity contribution in [2.75, 3.05) is 6.54 Å². The lowest BCUT2D eigenvalue weighted by molar-refractivity contribution is 0.532. The molecule has 0 aliphatic heterocycles. The number of fused-ring (bicyclic) bond motifs is 1. The van der Waals surface area contributed by atoms with Crippen molar-refractivity contribution in [1.82, 2.24) is 19.5 Å². The molecule has 0 fully saturated rings. The van der Waals surface area contributed by atoms with Crippen LogP contribution in [-0.2, 0) is 29.4 Å². The number of aromatic nitrogens is 3. The van der Waals surface area contributed by atoms with Crippen LogP contribution in [0.15, 0.2) is 53.7 Å². The highest BCUT2D eigenvalue weighted by molar-refractivity contribution is 7.89. The molecule has 8 heteroatoms. The van der Waals surface area contributed by atoms with Gasteiger partial charge in [-0.3, -0.25) is 9.67 Å². The van der Waals surface area contributed by atoms with Crippen molar-refractivity contribution in [1.29, 1.82) is 0 Å². The van der Waals surface area contributed by atoms with E-state index in [-0.39, 0.29) is 11.4 Å². The van der Waals surface area contributed by atoms with Crippen molar-refractivity contribution in [3.8, 4) is 11.3 Å². The first-order valence-corrected chi connectivity index (χ1v) is 10.8. The smallest absolute Gasteiger partial charge is 0.243 e. The number of rotatable bonds is 6. The summed E-state index contributed by atoms with van der Waals surface area (Å²) in [5, 5.41) is 4.75. The maximum atomic E-state index is 13.8. The molecule has 1 aliphatic rings. The van der Waals surface area contributed by atoms with Gasteiger partial charge in [0.1, 0.15) is 10.7 Å². The average Bonchev–Trinajstić information content (AvgIpc) is 3.08. The molecule has 0 atom stereocenters. The first-order chi connectivity index (χ1) is 13.6. The number of pyridine rings is 1. The van der Waals surface area contributed by atoms with E-state index in [1.54, 1.807) is 12.4 Å². The number of hydrogen-bond donors (Lipinski definition) is 1. The molecule has 1 aromatic carbocycles. The topological polar surface area (TPSA) is 76.9 Å². The number of nitrogens with zero attached hydrogens (tertiary/aromatic N) is 3. The Morgan fingerprint density at radius 2 is 1.82 bits per heavy atom. The van der Waals surface area contributed by atoms with Crippen LogP contribution >= 0.6 is 0 Å². The summed E-state index contributed by atoms with van der Waals surface area (Å²) in [4.78, 5) is 3.72. The van der Waals surface area contributed by atoms with Gasteiger partial charge in [-0.05, 0) is 49.9 Å². The minimum atomic E-state index is -3.90. The first-order valence-electron chi connectivity index (χ1n) is 9.29. The molecule has 6 nitrogen and oxygen atoms in total. The Hall–Kier alpha value is -2.58. The van der Waals surface area contributed by atoms with Gasteiger partial charge in [-0.2, -0.15) is 5.10 Å². The third kappa shape index (κ3) is 3.70. The molecule has 28 heavy (non-hydrogen) atoms. The molecule has 0 bridgehead atoms. The second-order valence-corrected chi connectivity index (χ2v) is 8.50. The summed E-state index contributed by atoms with van der Waals surface area (Å²) in [5.41, 5.74) is 4.34. The second kappa shape index (κ2) is 7.81. The fraction of sp³-hybridized carbons (Fsp3) is 0.300. The summed E-state index contributed by atoms with van der Waals surface area (Å²) in [7, 11) is -3.90. The van der Waals surface area contributed by atoms with Crippen LogP contribution in [0.5, 0.6) is 0 Å². The summed E-state index contributed by atoms with van der Waals surface area (Å²) in [6.45, 7) is 0.529. The van der Waals surface area contributed by atoms with Crippen LogP contribution in [0, 0.1) is 5.82 Å². The molecule has 3 aromatic rings. The molecule has 0 saturated heterocycles. The average molecular weight is 400 g/mol. The molecule has 2 aromatic heterocycles. The lowest BCUT2D eigenvalue weighted by Gasteiger charge is -2.14. The lowest BCUT2D eigenvalue weighted by Crippen LogP contribution is -2.29. The van der Waals surface area contributed by atoms with Crippen molar-refractivity contribution in [2.45, 2.75) is 37.1 Å². The van der Waals surface area contributed by atoms with E-state index < -0.39 is 15.8 Å². The van der Waals surface area contributed by atoms with Crippen molar-refractivity contribution in [3.05, 3.63) is 65.9 Å². The molecule has 1 N–H and O–H groups in total. The number of benzene rings is 1. The molecular weight excluding hydrogens is 379 g/mol. The zero-order valence-corrected chi connectivity index (χ0v) is 16.1. The van der Waals surface area contributed by atoms with E-state index >= 15 is 0 Å². The SMILES string of the molecule is O=S(=O)(NCCn1nc(-c2ccncc2)c2c1CCCC2)c1ccccc1F. The molecule has 2 heterocycles. The third-order valence-electron chi connectivity index (χ3n) is 4.95. The van der Waals surface area contributed by atoms with Crippen molar-refractivity contribution in [3.63, 3.8) is 0 Å². The highest BCUT2D eigenvalue weighted by Crippen LogP contribution is 2.30. The molecule has 1 aliphatic carbocycles. The van der Waals surface area contributed by atoms with Gasteiger partial charge >= 0.3 is 0 Å². The fourth-order valence-corrected chi connectivity index (χ4v) is 4.72. The summed E-state index contributed by atoms with van der Waals surface area (Å²) >= 11 is 0. The lowest BCUT2D eigenvalue weighted by atomic mass is 9.94. The van der Waals surface area contributed by atoms with E-state index in [0.717, 1.165) is 48.7 Å². The number of nitrogens with one attached hydrogen (secondary N) is 1. The summed E-state index contributed by atoms with van der Waals surface area (Å²) in [5.74, 6) is -0.758. The minimum absolute atomic E-state index is 0.139. The van der Waals surface area contributed by atoms with Crippen LogP contribution in [0.2, 0.25) is 0 Å². The maximum absolute atomic E-state index is 13.8. The minimum Gasteiger partial charge on any atom is -0.267 e. The van der Waals surface area contributed by atoms with Crippen LogP contribution in [0.1, 0.15) is 24.1 Å². The zero-order chi connectivity index (χ0) is 19.6. The Morgan fingerprint density at radius 3 is 2.61 bits per heavy atom. The molecule has 0 unspecified atom stereocenters. The molecule has 4 rings (SSSR count). The van der Waals surface area contributed by atoms with E-state index in [2.05, 4.69) is 9.71 Å². The maximum Gasteiger partial charge on any atom is 0.243 e. The van der Waals surface area contributed by atoms with Gasteiger partial charge in [-0.25, -0.2) is 17.5 Å². The number of sulfonamides is 1. The highest BCUT2D eigenvalue weighted by Gasteiger charge is 2.22. The van der Waals surface area contributed by atoms with Gasteiger partial charge in [0.25, 0.3) is 0 Å². The Kier molecular flexibility index (Phi) is 5.23. The van der Waals surface area contributed by atoms with Crippen LogP contribution < -0.4 is 4.72 Å². The summed E-state index contributed by atoms with van der Waals surface area (Å²) < 4.78 is 42.9. The molecule has 0 amide bonds. The predicted molar refractivity (Wildman–Crippen MR) is 104 cm³/mol. The van der Waals surface area contributed by atoms with Gasteiger partial charge in [-0.15, -0.1) is 0 Å². The van der Waals surface area contributed by atoms with Crippen LogP contribution in [0.4, 0.5) is 4.39 Å². The molecule has 0 saturated carbocycles. The Labute approximate surface area is 163 Å². The second-order valence-electron chi connectivity index (χ2n) is 6.77. The van der Waals surface area contributed by atoms with Gasteiger partial charge in [0.05, 0.1) is 12.2 Å². The Balaban J connectivity index is 1.54. The molecule has 146 valence electrons. The largest absolute Gasteiger partial charge is 0.267 e. The predicted octanol–water partition coefficient (Wildman–Crippen LogP) is 2.94. The van der Waals surface area contributed by atoms with Crippen LogP contribution in [0.25, 0.3) is 11.3 Å². The van der Waals surface area contributed by atoms with E-state index in [4.69, 9.17) is 5.10 Å².